The van der Waals surface area contributed by atoms with Crippen molar-refractivity contribution in [3.8, 4) is 11.4 Å². The second-order valence-electron chi connectivity index (χ2n) is 4.58. The number of benzene rings is 1. The second kappa shape index (κ2) is 4.51. The number of hydrogen-bond donors (Lipinski definition) is 2. The zero-order valence-electron chi connectivity index (χ0n) is 10.1. The van der Waals surface area contributed by atoms with E-state index in [-0.39, 0.29) is 0 Å². The van der Waals surface area contributed by atoms with E-state index in [0.29, 0.717) is 18.2 Å². The van der Waals surface area contributed by atoms with E-state index in [1.807, 2.05) is 24.3 Å². The lowest BCUT2D eigenvalue weighted by Gasteiger charge is -2.16. The van der Waals surface area contributed by atoms with Gasteiger partial charge in [0.1, 0.15) is 6.10 Å². The molecular formula is C13H16N4O. The molecule has 0 amide bonds. The molecule has 0 fully saturated rings. The lowest BCUT2D eigenvalue weighted by molar-refractivity contribution is 0.130. The maximum absolute atomic E-state index is 9.86. The summed E-state index contributed by atoms with van der Waals surface area (Å²) in [5.41, 5.74) is 7.61. The largest absolute Gasteiger partial charge is 0.385 e. The molecule has 1 unspecified atom stereocenters. The van der Waals surface area contributed by atoms with Gasteiger partial charge < -0.3 is 10.8 Å². The van der Waals surface area contributed by atoms with Gasteiger partial charge in [-0.3, -0.25) is 0 Å². The fourth-order valence-corrected chi connectivity index (χ4v) is 2.24. The third-order valence-electron chi connectivity index (χ3n) is 3.29. The highest BCUT2D eigenvalue weighted by Gasteiger charge is 2.22. The number of nitrogens with zero attached hydrogens (tertiary/aromatic N) is 3. The van der Waals surface area contributed by atoms with Crippen molar-refractivity contribution in [1.82, 2.24) is 14.8 Å². The van der Waals surface area contributed by atoms with Crippen LogP contribution >= 0.6 is 0 Å². The molecule has 94 valence electrons. The van der Waals surface area contributed by atoms with Crippen molar-refractivity contribution < 1.29 is 5.11 Å². The van der Waals surface area contributed by atoms with Crippen LogP contribution in [0.25, 0.3) is 11.4 Å². The van der Waals surface area contributed by atoms with E-state index in [0.717, 1.165) is 30.5 Å². The van der Waals surface area contributed by atoms with Crippen LogP contribution in [-0.4, -0.2) is 19.9 Å². The summed E-state index contributed by atoms with van der Waals surface area (Å²) in [4.78, 5) is 4.43. The number of aryl methyl sites for hydroxylation is 1. The van der Waals surface area contributed by atoms with Crippen LogP contribution in [0.4, 0.5) is 0 Å². The first-order chi connectivity index (χ1) is 8.78. The summed E-state index contributed by atoms with van der Waals surface area (Å²) >= 11 is 0. The SMILES string of the molecule is NCc1ccc(-c2nc3n(n2)CCCC3O)cc1. The van der Waals surface area contributed by atoms with Gasteiger partial charge in [0.15, 0.2) is 11.6 Å². The summed E-state index contributed by atoms with van der Waals surface area (Å²) in [7, 11) is 0. The molecule has 5 nitrogen and oxygen atoms in total. The lowest BCUT2D eigenvalue weighted by atomic mass is 10.1. The predicted molar refractivity (Wildman–Crippen MR) is 67.5 cm³/mol. The second-order valence-corrected chi connectivity index (χ2v) is 4.58. The molecule has 0 aliphatic carbocycles. The molecule has 1 aliphatic heterocycles. The van der Waals surface area contributed by atoms with Crippen LogP contribution in [0, 0.1) is 0 Å². The first-order valence-electron chi connectivity index (χ1n) is 6.20. The average Bonchev–Trinajstić information content (AvgIpc) is 2.84. The van der Waals surface area contributed by atoms with Gasteiger partial charge in [-0.2, -0.15) is 5.10 Å². The molecule has 1 aromatic heterocycles. The van der Waals surface area contributed by atoms with Crippen LogP contribution in [0.1, 0.15) is 30.3 Å². The van der Waals surface area contributed by atoms with Crippen molar-refractivity contribution in [2.45, 2.75) is 32.0 Å². The first kappa shape index (κ1) is 11.4. The van der Waals surface area contributed by atoms with Gasteiger partial charge in [0.05, 0.1) is 0 Å². The quantitative estimate of drug-likeness (QED) is 0.833. The van der Waals surface area contributed by atoms with Crippen LogP contribution in [0.2, 0.25) is 0 Å². The fraction of sp³-hybridized carbons (Fsp3) is 0.385. The van der Waals surface area contributed by atoms with E-state index < -0.39 is 6.10 Å². The molecule has 1 aliphatic rings. The minimum absolute atomic E-state index is 0.483. The zero-order chi connectivity index (χ0) is 12.5. The normalized spacial score (nSPS) is 18.7. The summed E-state index contributed by atoms with van der Waals surface area (Å²) in [6.45, 7) is 1.37. The van der Waals surface area contributed by atoms with Crippen molar-refractivity contribution >= 4 is 0 Å². The van der Waals surface area contributed by atoms with Crippen molar-refractivity contribution in [1.29, 1.82) is 0 Å². The van der Waals surface area contributed by atoms with Gasteiger partial charge in [-0.1, -0.05) is 24.3 Å². The number of hydrogen-bond acceptors (Lipinski definition) is 4. The molecule has 1 atom stereocenters. The number of aliphatic hydroxyl groups excluding tert-OH is 1. The minimum Gasteiger partial charge on any atom is -0.385 e. The number of nitrogens with two attached hydrogens (primary N) is 1. The monoisotopic (exact) mass is 244 g/mol. The summed E-state index contributed by atoms with van der Waals surface area (Å²) in [5.74, 6) is 1.36. The topological polar surface area (TPSA) is 77.0 Å². The zero-order valence-corrected chi connectivity index (χ0v) is 10.1. The van der Waals surface area contributed by atoms with E-state index in [4.69, 9.17) is 5.73 Å². The Hall–Kier alpha value is -1.72. The van der Waals surface area contributed by atoms with Crippen molar-refractivity contribution in [3.05, 3.63) is 35.7 Å². The van der Waals surface area contributed by atoms with Gasteiger partial charge in [0.2, 0.25) is 0 Å². The Balaban J connectivity index is 1.96. The van der Waals surface area contributed by atoms with Crippen LogP contribution in [0.3, 0.4) is 0 Å². The van der Waals surface area contributed by atoms with Crippen LogP contribution in [0.15, 0.2) is 24.3 Å². The van der Waals surface area contributed by atoms with E-state index in [1.165, 1.54) is 0 Å². The number of rotatable bonds is 2. The van der Waals surface area contributed by atoms with Gasteiger partial charge in [0.25, 0.3) is 0 Å². The smallest absolute Gasteiger partial charge is 0.181 e. The van der Waals surface area contributed by atoms with Crippen molar-refractivity contribution in [3.63, 3.8) is 0 Å². The van der Waals surface area contributed by atoms with Gasteiger partial charge in [0, 0.05) is 18.7 Å². The summed E-state index contributed by atoms with van der Waals surface area (Å²) in [5, 5.41) is 14.3. The van der Waals surface area contributed by atoms with E-state index in [9.17, 15) is 5.11 Å². The molecule has 3 N–H and O–H groups in total. The highest BCUT2D eigenvalue weighted by molar-refractivity contribution is 5.55. The van der Waals surface area contributed by atoms with Gasteiger partial charge in [-0.05, 0) is 18.4 Å². The molecule has 18 heavy (non-hydrogen) atoms. The highest BCUT2D eigenvalue weighted by Crippen LogP contribution is 2.25. The van der Waals surface area contributed by atoms with E-state index in [1.54, 1.807) is 4.68 Å². The lowest BCUT2D eigenvalue weighted by Crippen LogP contribution is -2.16. The summed E-state index contributed by atoms with van der Waals surface area (Å²) in [6, 6.07) is 7.89. The van der Waals surface area contributed by atoms with Crippen LogP contribution in [0.5, 0.6) is 0 Å². The Morgan fingerprint density at radius 3 is 2.78 bits per heavy atom. The number of fused-ring (bicyclic) bond motifs is 1. The Kier molecular flexibility index (Phi) is 2.85. The third kappa shape index (κ3) is 1.91. The molecule has 3 rings (SSSR count). The summed E-state index contributed by atoms with van der Waals surface area (Å²) in [6.07, 6.45) is 1.23. The molecule has 0 saturated carbocycles. The van der Waals surface area contributed by atoms with Crippen molar-refractivity contribution in [2.24, 2.45) is 5.73 Å². The molecule has 2 aromatic rings. The van der Waals surface area contributed by atoms with Crippen molar-refractivity contribution in [2.75, 3.05) is 0 Å². The molecule has 5 heteroatoms. The highest BCUT2D eigenvalue weighted by atomic mass is 16.3. The van der Waals surface area contributed by atoms with Gasteiger partial charge >= 0.3 is 0 Å². The molecule has 0 saturated heterocycles. The Labute approximate surface area is 105 Å². The Morgan fingerprint density at radius 1 is 1.33 bits per heavy atom. The van der Waals surface area contributed by atoms with Gasteiger partial charge in [-0.25, -0.2) is 9.67 Å². The third-order valence-corrected chi connectivity index (χ3v) is 3.29. The maximum atomic E-state index is 9.86. The number of aromatic nitrogens is 3. The standard InChI is InChI=1S/C13H16N4O/c14-8-9-3-5-10(6-4-9)12-15-13-11(18)2-1-7-17(13)16-12/h3-6,11,18H,1-2,7-8,14H2. The minimum atomic E-state index is -0.483. The molecule has 0 bridgehead atoms. The van der Waals surface area contributed by atoms with E-state index >= 15 is 0 Å². The fourth-order valence-electron chi connectivity index (χ4n) is 2.24. The molecule has 1 aromatic carbocycles. The maximum Gasteiger partial charge on any atom is 0.181 e. The average molecular weight is 244 g/mol. The summed E-state index contributed by atoms with van der Waals surface area (Å²) < 4.78 is 1.81. The molecule has 2 heterocycles. The Bertz CT molecular complexity index is 547. The predicted octanol–water partition coefficient (Wildman–Crippen LogP) is 1.23. The number of aliphatic hydroxyl groups is 1. The first-order valence-corrected chi connectivity index (χ1v) is 6.20. The molecule has 0 spiro atoms. The van der Waals surface area contributed by atoms with E-state index in [2.05, 4.69) is 10.1 Å². The van der Waals surface area contributed by atoms with Crippen LogP contribution < -0.4 is 5.73 Å². The molecule has 0 radical (unpaired) electrons. The van der Waals surface area contributed by atoms with Crippen LogP contribution in [-0.2, 0) is 13.1 Å². The molecular weight excluding hydrogens is 228 g/mol. The Morgan fingerprint density at radius 2 is 2.11 bits per heavy atom. The van der Waals surface area contributed by atoms with Gasteiger partial charge in [-0.15, -0.1) is 0 Å².